The molecule has 2 heterocycles. The van der Waals surface area contributed by atoms with Gasteiger partial charge in [-0.3, -0.25) is 14.2 Å². The number of fused-ring (bicyclic) bond motifs is 1. The first-order valence-corrected chi connectivity index (χ1v) is 9.64. The molecule has 0 aliphatic carbocycles. The zero-order valence-electron chi connectivity index (χ0n) is 17.0. The fourth-order valence-corrected chi connectivity index (χ4v) is 3.24. The van der Waals surface area contributed by atoms with Gasteiger partial charge in [0.15, 0.2) is 11.6 Å². The normalized spacial score (nSPS) is 10.8. The molecule has 32 heavy (non-hydrogen) atoms. The molecule has 0 unspecified atom stereocenters. The molecule has 0 saturated heterocycles. The highest BCUT2D eigenvalue weighted by Gasteiger charge is 2.14. The average Bonchev–Trinajstić information content (AvgIpc) is 2.80. The van der Waals surface area contributed by atoms with Crippen molar-refractivity contribution in [3.63, 3.8) is 0 Å². The van der Waals surface area contributed by atoms with Gasteiger partial charge in [0.2, 0.25) is 0 Å². The summed E-state index contributed by atoms with van der Waals surface area (Å²) in [5.74, 6) is -1.93. The summed E-state index contributed by atoms with van der Waals surface area (Å²) < 4.78 is 27.7. The van der Waals surface area contributed by atoms with Crippen LogP contribution in [0.2, 0.25) is 0 Å². The number of amides is 1. The van der Waals surface area contributed by atoms with Crippen molar-refractivity contribution in [1.82, 2.24) is 24.8 Å². The zero-order chi connectivity index (χ0) is 22.7. The van der Waals surface area contributed by atoms with Gasteiger partial charge in [0.1, 0.15) is 17.7 Å². The van der Waals surface area contributed by atoms with E-state index in [2.05, 4.69) is 25.6 Å². The summed E-state index contributed by atoms with van der Waals surface area (Å²) >= 11 is 0. The molecule has 10 heteroatoms. The zero-order valence-corrected chi connectivity index (χ0v) is 17.0. The Morgan fingerprint density at radius 1 is 1.06 bits per heavy atom. The van der Waals surface area contributed by atoms with Gasteiger partial charge in [-0.2, -0.15) is 0 Å². The molecule has 4 rings (SSSR count). The summed E-state index contributed by atoms with van der Waals surface area (Å²) in [4.78, 5) is 37.6. The summed E-state index contributed by atoms with van der Waals surface area (Å²) in [7, 11) is 1.75. The van der Waals surface area contributed by atoms with E-state index in [0.29, 0.717) is 11.4 Å². The van der Waals surface area contributed by atoms with Crippen LogP contribution in [0, 0.1) is 11.6 Å². The van der Waals surface area contributed by atoms with Crippen LogP contribution >= 0.6 is 0 Å². The SMILES string of the molecule is CNc1ncnc2ccc(CNC(=O)c3cncn(Cc4ccc(F)c(F)c4)c3=O)cc12. The number of nitrogens with zero attached hydrogens (tertiary/aromatic N) is 4. The Morgan fingerprint density at radius 3 is 2.66 bits per heavy atom. The molecular formula is C22H18F2N6O2. The van der Waals surface area contributed by atoms with Gasteiger partial charge in [0.05, 0.1) is 18.4 Å². The summed E-state index contributed by atoms with van der Waals surface area (Å²) in [5.41, 5.74) is 1.17. The van der Waals surface area contributed by atoms with Gasteiger partial charge >= 0.3 is 0 Å². The highest BCUT2D eigenvalue weighted by molar-refractivity contribution is 5.93. The molecule has 2 N–H and O–H groups in total. The van der Waals surface area contributed by atoms with Crippen molar-refractivity contribution in [3.8, 4) is 0 Å². The summed E-state index contributed by atoms with van der Waals surface area (Å²) in [6.07, 6.45) is 3.87. The molecule has 0 saturated carbocycles. The molecule has 8 nitrogen and oxygen atoms in total. The van der Waals surface area contributed by atoms with Crippen molar-refractivity contribution in [2.75, 3.05) is 12.4 Å². The Bertz CT molecular complexity index is 1370. The monoisotopic (exact) mass is 436 g/mol. The Kier molecular flexibility index (Phi) is 5.84. The lowest BCUT2D eigenvalue weighted by molar-refractivity contribution is 0.0948. The van der Waals surface area contributed by atoms with Crippen molar-refractivity contribution < 1.29 is 13.6 Å². The number of nitrogens with one attached hydrogen (secondary N) is 2. The number of halogens is 2. The van der Waals surface area contributed by atoms with Gasteiger partial charge in [-0.25, -0.2) is 23.7 Å². The van der Waals surface area contributed by atoms with E-state index in [1.54, 1.807) is 7.05 Å². The topological polar surface area (TPSA) is 102 Å². The maximum absolute atomic E-state index is 13.4. The highest BCUT2D eigenvalue weighted by atomic mass is 19.2. The summed E-state index contributed by atoms with van der Waals surface area (Å²) in [6, 6.07) is 8.83. The quantitative estimate of drug-likeness (QED) is 0.482. The lowest BCUT2D eigenvalue weighted by atomic mass is 10.1. The van der Waals surface area contributed by atoms with E-state index in [1.807, 2.05) is 18.2 Å². The number of carbonyl (C=O) groups is 1. The average molecular weight is 436 g/mol. The third kappa shape index (κ3) is 4.29. The maximum Gasteiger partial charge on any atom is 0.266 e. The second-order valence-electron chi connectivity index (χ2n) is 7.00. The van der Waals surface area contributed by atoms with Crippen molar-refractivity contribution >= 4 is 22.6 Å². The molecule has 1 amide bonds. The number of carbonyl (C=O) groups excluding carboxylic acids is 1. The van der Waals surface area contributed by atoms with Gasteiger partial charge in [-0.15, -0.1) is 0 Å². The van der Waals surface area contributed by atoms with Crippen LogP contribution in [0.4, 0.5) is 14.6 Å². The minimum atomic E-state index is -1.01. The molecule has 0 spiro atoms. The Morgan fingerprint density at radius 2 is 1.88 bits per heavy atom. The fourth-order valence-electron chi connectivity index (χ4n) is 3.24. The van der Waals surface area contributed by atoms with Crippen molar-refractivity contribution in [2.24, 2.45) is 0 Å². The summed E-state index contributed by atoms with van der Waals surface area (Å²) in [5, 5.41) is 6.50. The van der Waals surface area contributed by atoms with Crippen LogP contribution in [0.3, 0.4) is 0 Å². The molecule has 2 aromatic carbocycles. The van der Waals surface area contributed by atoms with E-state index < -0.39 is 23.1 Å². The molecule has 4 aromatic rings. The van der Waals surface area contributed by atoms with Crippen LogP contribution in [0.5, 0.6) is 0 Å². The second kappa shape index (κ2) is 8.88. The van der Waals surface area contributed by atoms with E-state index in [9.17, 15) is 18.4 Å². The molecule has 0 aliphatic heterocycles. The number of anilines is 1. The molecular weight excluding hydrogens is 418 g/mol. The van der Waals surface area contributed by atoms with Crippen molar-refractivity contribution in [1.29, 1.82) is 0 Å². The second-order valence-corrected chi connectivity index (χ2v) is 7.00. The first kappa shape index (κ1) is 21.0. The minimum absolute atomic E-state index is 0.0539. The summed E-state index contributed by atoms with van der Waals surface area (Å²) in [6.45, 7) is 0.117. The fraction of sp³-hybridized carbons (Fsp3) is 0.136. The largest absolute Gasteiger partial charge is 0.373 e. The number of benzene rings is 2. The van der Waals surface area contributed by atoms with Crippen molar-refractivity contribution in [2.45, 2.75) is 13.1 Å². The standard InChI is InChI=1S/C22H18F2N6O2/c1-25-20-15-6-13(3-5-19(15)28-11-29-20)8-27-21(31)16-9-26-12-30(22(16)32)10-14-2-4-17(23)18(24)7-14/h2-7,9,11-12H,8,10H2,1H3,(H,27,31)(H,25,28,29). The van der Waals surface area contributed by atoms with E-state index >= 15 is 0 Å². The number of hydrogen-bond donors (Lipinski definition) is 2. The third-order valence-electron chi connectivity index (χ3n) is 4.87. The molecule has 162 valence electrons. The van der Waals surface area contributed by atoms with Crippen LogP contribution in [0.25, 0.3) is 10.9 Å². The van der Waals surface area contributed by atoms with Gasteiger partial charge in [0.25, 0.3) is 11.5 Å². The Labute approximate surface area is 181 Å². The predicted molar refractivity (Wildman–Crippen MR) is 114 cm³/mol. The van der Waals surface area contributed by atoms with Gasteiger partial charge in [0, 0.05) is 25.2 Å². The molecule has 2 aromatic heterocycles. The van der Waals surface area contributed by atoms with Crippen LogP contribution in [0.1, 0.15) is 21.5 Å². The van der Waals surface area contributed by atoms with E-state index in [-0.39, 0.29) is 18.7 Å². The van der Waals surface area contributed by atoms with E-state index in [1.165, 1.54) is 24.9 Å². The lowest BCUT2D eigenvalue weighted by Crippen LogP contribution is -2.33. The molecule has 0 bridgehead atoms. The van der Waals surface area contributed by atoms with Crippen molar-refractivity contribution in [3.05, 3.63) is 93.9 Å². The Balaban J connectivity index is 1.51. The molecule has 0 fully saturated rings. The smallest absolute Gasteiger partial charge is 0.266 e. The molecule has 0 aliphatic rings. The maximum atomic E-state index is 13.4. The van der Waals surface area contributed by atoms with Gasteiger partial charge in [-0.05, 0) is 35.4 Å². The molecule has 0 radical (unpaired) electrons. The van der Waals surface area contributed by atoms with Gasteiger partial charge in [-0.1, -0.05) is 12.1 Å². The van der Waals surface area contributed by atoms with Crippen LogP contribution in [0.15, 0.2) is 60.0 Å². The van der Waals surface area contributed by atoms with Gasteiger partial charge < -0.3 is 10.6 Å². The minimum Gasteiger partial charge on any atom is -0.373 e. The van der Waals surface area contributed by atoms with Crippen LogP contribution < -0.4 is 16.2 Å². The highest BCUT2D eigenvalue weighted by Crippen LogP contribution is 2.20. The Hall–Kier alpha value is -4.21. The first-order chi connectivity index (χ1) is 15.5. The number of aromatic nitrogens is 4. The third-order valence-corrected chi connectivity index (χ3v) is 4.87. The van der Waals surface area contributed by atoms with E-state index in [4.69, 9.17) is 0 Å². The predicted octanol–water partition coefficient (Wildman–Crippen LogP) is 2.48. The van der Waals surface area contributed by atoms with Crippen LogP contribution in [-0.2, 0) is 13.1 Å². The first-order valence-electron chi connectivity index (χ1n) is 9.64. The number of hydrogen-bond acceptors (Lipinski definition) is 6. The number of rotatable bonds is 6. The van der Waals surface area contributed by atoms with E-state index in [0.717, 1.165) is 33.2 Å². The molecule has 0 atom stereocenters. The van der Waals surface area contributed by atoms with Crippen LogP contribution in [-0.4, -0.2) is 32.5 Å². The lowest BCUT2D eigenvalue weighted by Gasteiger charge is -2.10.